The van der Waals surface area contributed by atoms with Gasteiger partial charge in [-0.05, 0) is 48.4 Å². The van der Waals surface area contributed by atoms with Gasteiger partial charge in [0.1, 0.15) is 12.0 Å². The maximum atomic E-state index is 12.7. The van der Waals surface area contributed by atoms with E-state index in [-0.39, 0.29) is 11.9 Å². The van der Waals surface area contributed by atoms with Gasteiger partial charge in [0.2, 0.25) is 0 Å². The summed E-state index contributed by atoms with van der Waals surface area (Å²) in [7, 11) is 0. The highest BCUT2D eigenvalue weighted by molar-refractivity contribution is 5.94. The summed E-state index contributed by atoms with van der Waals surface area (Å²) in [5, 5.41) is 3.07. The first-order chi connectivity index (χ1) is 13.2. The fraction of sp³-hybridized carbons (Fsp3) is 0.130. The van der Waals surface area contributed by atoms with Crippen LogP contribution in [0.4, 0.5) is 0 Å². The van der Waals surface area contributed by atoms with Crippen molar-refractivity contribution in [2.75, 3.05) is 6.61 Å². The van der Waals surface area contributed by atoms with Gasteiger partial charge in [0.25, 0.3) is 5.91 Å². The summed E-state index contributed by atoms with van der Waals surface area (Å²) in [4.78, 5) is 23.9. The summed E-state index contributed by atoms with van der Waals surface area (Å²) in [6, 6.07) is 23.5. The van der Waals surface area contributed by atoms with Crippen molar-refractivity contribution < 1.29 is 14.3 Å². The largest absolute Gasteiger partial charge is 0.494 e. The molecule has 1 atom stereocenters. The van der Waals surface area contributed by atoms with Crippen LogP contribution in [0, 0.1) is 0 Å². The standard InChI is InChI=1S/C23H21NO3/c1-2-27-21-13-11-18(12-14-21)22(20-10-6-7-17(15-20)16-25)24-23(26)19-8-4-3-5-9-19/h3-16,22H,2H2,1H3,(H,24,26). The number of carbonyl (C=O) groups is 2. The van der Waals surface area contributed by atoms with Crippen LogP contribution < -0.4 is 10.1 Å². The van der Waals surface area contributed by atoms with Crippen molar-refractivity contribution >= 4 is 12.2 Å². The first-order valence-corrected chi connectivity index (χ1v) is 8.85. The van der Waals surface area contributed by atoms with Gasteiger partial charge in [0.05, 0.1) is 12.6 Å². The molecule has 0 radical (unpaired) electrons. The first-order valence-electron chi connectivity index (χ1n) is 8.85. The average Bonchev–Trinajstić information content (AvgIpc) is 2.73. The SMILES string of the molecule is CCOc1ccc(C(NC(=O)c2ccccc2)c2cccc(C=O)c2)cc1. The number of nitrogens with one attached hydrogen (secondary N) is 1. The molecule has 0 bridgehead atoms. The predicted molar refractivity (Wildman–Crippen MR) is 105 cm³/mol. The minimum atomic E-state index is -0.381. The number of amides is 1. The highest BCUT2D eigenvalue weighted by atomic mass is 16.5. The number of hydrogen-bond acceptors (Lipinski definition) is 3. The molecule has 0 fully saturated rings. The average molecular weight is 359 g/mol. The lowest BCUT2D eigenvalue weighted by atomic mass is 9.96. The normalized spacial score (nSPS) is 11.4. The van der Waals surface area contributed by atoms with Crippen molar-refractivity contribution in [2.24, 2.45) is 0 Å². The van der Waals surface area contributed by atoms with Crippen LogP contribution in [0.3, 0.4) is 0 Å². The Kier molecular flexibility index (Phi) is 6.00. The van der Waals surface area contributed by atoms with Crippen molar-refractivity contribution in [2.45, 2.75) is 13.0 Å². The molecule has 0 heterocycles. The van der Waals surface area contributed by atoms with Crippen molar-refractivity contribution in [1.82, 2.24) is 5.32 Å². The summed E-state index contributed by atoms with van der Waals surface area (Å²) in [6.45, 7) is 2.52. The van der Waals surface area contributed by atoms with E-state index in [0.29, 0.717) is 17.7 Å². The van der Waals surface area contributed by atoms with E-state index in [1.165, 1.54) is 0 Å². The van der Waals surface area contributed by atoms with Crippen molar-refractivity contribution in [1.29, 1.82) is 0 Å². The number of benzene rings is 3. The third kappa shape index (κ3) is 4.61. The minimum Gasteiger partial charge on any atom is -0.494 e. The molecule has 4 heteroatoms. The quantitative estimate of drug-likeness (QED) is 0.636. The molecule has 0 saturated carbocycles. The van der Waals surface area contributed by atoms with Crippen LogP contribution in [0.2, 0.25) is 0 Å². The number of aldehydes is 1. The van der Waals surface area contributed by atoms with E-state index in [0.717, 1.165) is 23.2 Å². The van der Waals surface area contributed by atoms with Gasteiger partial charge in [-0.25, -0.2) is 0 Å². The molecule has 0 aliphatic rings. The van der Waals surface area contributed by atoms with Gasteiger partial charge < -0.3 is 10.1 Å². The topological polar surface area (TPSA) is 55.4 Å². The van der Waals surface area contributed by atoms with E-state index >= 15 is 0 Å². The lowest BCUT2D eigenvalue weighted by Crippen LogP contribution is -2.29. The Bertz CT molecular complexity index is 904. The zero-order valence-corrected chi connectivity index (χ0v) is 15.1. The van der Waals surface area contributed by atoms with Gasteiger partial charge >= 0.3 is 0 Å². The zero-order valence-electron chi connectivity index (χ0n) is 15.1. The molecule has 0 aliphatic heterocycles. The Morgan fingerprint density at radius 1 is 0.963 bits per heavy atom. The lowest BCUT2D eigenvalue weighted by molar-refractivity contribution is 0.0943. The van der Waals surface area contributed by atoms with Crippen LogP contribution >= 0.6 is 0 Å². The second kappa shape index (κ2) is 8.81. The molecule has 0 aliphatic carbocycles. The number of carbonyl (C=O) groups excluding carboxylic acids is 2. The lowest BCUT2D eigenvalue weighted by Gasteiger charge is -2.21. The van der Waals surface area contributed by atoms with E-state index in [1.54, 1.807) is 24.3 Å². The van der Waals surface area contributed by atoms with Crippen LogP contribution in [0.25, 0.3) is 0 Å². The molecule has 1 unspecified atom stereocenters. The van der Waals surface area contributed by atoms with E-state index in [4.69, 9.17) is 4.74 Å². The second-order valence-electron chi connectivity index (χ2n) is 6.06. The predicted octanol–water partition coefficient (Wildman–Crippen LogP) is 4.42. The molecule has 4 nitrogen and oxygen atoms in total. The fourth-order valence-corrected chi connectivity index (χ4v) is 2.90. The van der Waals surface area contributed by atoms with Crippen LogP contribution in [0.1, 0.15) is 44.8 Å². The second-order valence-corrected chi connectivity index (χ2v) is 6.06. The Morgan fingerprint density at radius 2 is 1.70 bits per heavy atom. The molecule has 3 aromatic carbocycles. The Labute approximate surface area is 158 Å². The Hall–Kier alpha value is -3.40. The molecular weight excluding hydrogens is 338 g/mol. The van der Waals surface area contributed by atoms with E-state index < -0.39 is 0 Å². The first kappa shape index (κ1) is 18.4. The van der Waals surface area contributed by atoms with Gasteiger partial charge in [0, 0.05) is 11.1 Å². The molecule has 3 aromatic rings. The summed E-state index contributed by atoms with van der Waals surface area (Å²) < 4.78 is 5.50. The minimum absolute atomic E-state index is 0.175. The molecular formula is C23H21NO3. The van der Waals surface area contributed by atoms with Gasteiger partial charge in [-0.2, -0.15) is 0 Å². The summed E-state index contributed by atoms with van der Waals surface area (Å²) >= 11 is 0. The van der Waals surface area contributed by atoms with Gasteiger partial charge in [-0.1, -0.05) is 48.5 Å². The summed E-state index contributed by atoms with van der Waals surface area (Å²) in [5.41, 5.74) is 2.90. The third-order valence-corrected chi connectivity index (χ3v) is 4.22. The van der Waals surface area contributed by atoms with Crippen molar-refractivity contribution in [3.8, 4) is 5.75 Å². The number of hydrogen-bond donors (Lipinski definition) is 1. The van der Waals surface area contributed by atoms with Gasteiger partial charge in [0.15, 0.2) is 0 Å². The van der Waals surface area contributed by atoms with E-state index in [9.17, 15) is 9.59 Å². The van der Waals surface area contributed by atoms with Crippen LogP contribution in [0.5, 0.6) is 5.75 Å². The third-order valence-electron chi connectivity index (χ3n) is 4.22. The van der Waals surface area contributed by atoms with Crippen molar-refractivity contribution in [3.63, 3.8) is 0 Å². The van der Waals surface area contributed by atoms with E-state index in [2.05, 4.69) is 5.32 Å². The zero-order chi connectivity index (χ0) is 19.1. The van der Waals surface area contributed by atoms with Crippen LogP contribution in [-0.4, -0.2) is 18.8 Å². The smallest absolute Gasteiger partial charge is 0.252 e. The van der Waals surface area contributed by atoms with Crippen LogP contribution in [-0.2, 0) is 0 Å². The Balaban J connectivity index is 1.95. The summed E-state index contributed by atoms with van der Waals surface area (Å²) in [6.07, 6.45) is 0.803. The van der Waals surface area contributed by atoms with Gasteiger partial charge in [-0.3, -0.25) is 9.59 Å². The van der Waals surface area contributed by atoms with E-state index in [1.807, 2.05) is 61.5 Å². The maximum Gasteiger partial charge on any atom is 0.252 e. The Morgan fingerprint density at radius 3 is 2.37 bits per heavy atom. The summed E-state index contributed by atoms with van der Waals surface area (Å²) in [5.74, 6) is 0.599. The maximum absolute atomic E-state index is 12.7. The van der Waals surface area contributed by atoms with Crippen LogP contribution in [0.15, 0.2) is 78.9 Å². The monoisotopic (exact) mass is 359 g/mol. The van der Waals surface area contributed by atoms with Gasteiger partial charge in [-0.15, -0.1) is 0 Å². The molecule has 3 rings (SSSR count). The fourth-order valence-electron chi connectivity index (χ4n) is 2.90. The molecule has 136 valence electrons. The molecule has 1 N–H and O–H groups in total. The molecule has 0 aromatic heterocycles. The van der Waals surface area contributed by atoms with Crippen molar-refractivity contribution in [3.05, 3.63) is 101 Å². The molecule has 0 spiro atoms. The molecule has 27 heavy (non-hydrogen) atoms. The molecule has 1 amide bonds. The number of rotatable bonds is 7. The number of ether oxygens (including phenoxy) is 1. The highest BCUT2D eigenvalue weighted by Gasteiger charge is 2.18. The molecule has 0 saturated heterocycles. The highest BCUT2D eigenvalue weighted by Crippen LogP contribution is 2.25.